The molecule has 15 heavy (non-hydrogen) atoms. The highest BCUT2D eigenvalue weighted by Crippen LogP contribution is 2.27. The Morgan fingerprint density at radius 1 is 1.53 bits per heavy atom. The Morgan fingerprint density at radius 2 is 2.40 bits per heavy atom. The van der Waals surface area contributed by atoms with Crippen LogP contribution in [0.15, 0.2) is 18.2 Å². The van der Waals surface area contributed by atoms with Gasteiger partial charge in [0.1, 0.15) is 6.29 Å². The highest BCUT2D eigenvalue weighted by molar-refractivity contribution is 5.52. The summed E-state index contributed by atoms with van der Waals surface area (Å²) >= 11 is 0. The molecule has 2 rings (SSSR count). The number of rotatable bonds is 3. The number of fused-ring (bicyclic) bond motifs is 1. The molecule has 0 saturated heterocycles. The van der Waals surface area contributed by atoms with Gasteiger partial charge in [-0.05, 0) is 29.0 Å². The van der Waals surface area contributed by atoms with Gasteiger partial charge in [0, 0.05) is 6.42 Å². The van der Waals surface area contributed by atoms with E-state index in [1.807, 2.05) is 0 Å². The number of ether oxygens (including phenoxy) is 1. The monoisotopic (exact) mass is 204 g/mol. The minimum Gasteiger partial charge on any atom is -0.376 e. The molecule has 2 heteroatoms. The van der Waals surface area contributed by atoms with Crippen LogP contribution in [0.2, 0.25) is 0 Å². The van der Waals surface area contributed by atoms with Crippen LogP contribution in [-0.4, -0.2) is 12.9 Å². The maximum atomic E-state index is 10.5. The minimum absolute atomic E-state index is 0.305. The normalized spacial score (nSPS) is 16.9. The quantitative estimate of drug-likeness (QED) is 0.707. The van der Waals surface area contributed by atoms with E-state index in [2.05, 4.69) is 25.1 Å². The van der Waals surface area contributed by atoms with Gasteiger partial charge in [-0.2, -0.15) is 0 Å². The molecule has 80 valence electrons. The summed E-state index contributed by atoms with van der Waals surface area (Å²) in [5, 5.41) is 0. The highest BCUT2D eigenvalue weighted by Gasteiger charge is 2.16. The van der Waals surface area contributed by atoms with Crippen molar-refractivity contribution in [3.05, 3.63) is 34.9 Å². The zero-order chi connectivity index (χ0) is 10.7. The third-order valence-corrected chi connectivity index (χ3v) is 3.05. The predicted octanol–water partition coefficient (Wildman–Crippen LogP) is 2.45. The van der Waals surface area contributed by atoms with E-state index in [4.69, 9.17) is 4.74 Å². The summed E-state index contributed by atoms with van der Waals surface area (Å²) in [7, 11) is 0. The van der Waals surface area contributed by atoms with E-state index in [1.54, 1.807) is 0 Å². The van der Waals surface area contributed by atoms with Crippen LogP contribution in [0.3, 0.4) is 0 Å². The van der Waals surface area contributed by atoms with Crippen LogP contribution in [0.5, 0.6) is 0 Å². The lowest BCUT2D eigenvalue weighted by Gasteiger charge is -2.22. The fourth-order valence-electron chi connectivity index (χ4n) is 2.15. The highest BCUT2D eigenvalue weighted by atomic mass is 16.5. The summed E-state index contributed by atoms with van der Waals surface area (Å²) in [4.78, 5) is 10.5. The fraction of sp³-hybridized carbons (Fsp3) is 0.462. The second-order valence-corrected chi connectivity index (χ2v) is 4.09. The molecule has 0 aliphatic carbocycles. The van der Waals surface area contributed by atoms with Crippen LogP contribution >= 0.6 is 0 Å². The lowest BCUT2D eigenvalue weighted by atomic mass is 9.89. The third-order valence-electron chi connectivity index (χ3n) is 3.05. The van der Waals surface area contributed by atoms with E-state index >= 15 is 0 Å². The van der Waals surface area contributed by atoms with Crippen LogP contribution in [0.4, 0.5) is 0 Å². The van der Waals surface area contributed by atoms with Crippen molar-refractivity contribution in [2.24, 2.45) is 0 Å². The molecule has 1 aromatic rings. The molecular weight excluding hydrogens is 188 g/mol. The van der Waals surface area contributed by atoms with Gasteiger partial charge in [-0.15, -0.1) is 0 Å². The number of hydrogen-bond donors (Lipinski definition) is 0. The van der Waals surface area contributed by atoms with E-state index in [9.17, 15) is 4.79 Å². The molecule has 2 nitrogen and oxygen atoms in total. The molecule has 0 aromatic heterocycles. The molecular formula is C13H16O2. The molecule has 1 atom stereocenters. The minimum atomic E-state index is 0.305. The van der Waals surface area contributed by atoms with Crippen molar-refractivity contribution in [2.45, 2.75) is 32.3 Å². The van der Waals surface area contributed by atoms with Gasteiger partial charge < -0.3 is 9.53 Å². The van der Waals surface area contributed by atoms with Crippen LogP contribution in [0.25, 0.3) is 0 Å². The first kappa shape index (κ1) is 10.4. The van der Waals surface area contributed by atoms with E-state index in [0.29, 0.717) is 18.9 Å². The van der Waals surface area contributed by atoms with Gasteiger partial charge in [0.15, 0.2) is 0 Å². The van der Waals surface area contributed by atoms with E-state index in [1.165, 1.54) is 16.7 Å². The summed E-state index contributed by atoms with van der Waals surface area (Å²) < 4.78 is 5.48. The third kappa shape index (κ3) is 2.10. The summed E-state index contributed by atoms with van der Waals surface area (Å²) in [5.74, 6) is 0.305. The van der Waals surface area contributed by atoms with Gasteiger partial charge in [0.25, 0.3) is 0 Å². The number of hydrogen-bond acceptors (Lipinski definition) is 2. The van der Waals surface area contributed by atoms with Crippen molar-refractivity contribution in [2.75, 3.05) is 6.61 Å². The standard InChI is InChI=1S/C13H16O2/c1-10(5-7-14)12-4-2-3-11-6-8-15-9-13(11)12/h2-4,7,10H,5-6,8-9H2,1H3. The van der Waals surface area contributed by atoms with Crippen LogP contribution in [0, 0.1) is 0 Å². The maximum Gasteiger partial charge on any atom is 0.120 e. The lowest BCUT2D eigenvalue weighted by molar-refractivity contribution is -0.108. The number of aldehydes is 1. The molecule has 1 unspecified atom stereocenters. The fourth-order valence-corrected chi connectivity index (χ4v) is 2.15. The zero-order valence-corrected chi connectivity index (χ0v) is 9.03. The molecule has 0 spiro atoms. The van der Waals surface area contributed by atoms with Gasteiger partial charge in [0.05, 0.1) is 13.2 Å². The van der Waals surface area contributed by atoms with Crippen LogP contribution < -0.4 is 0 Å². The number of benzene rings is 1. The molecule has 0 N–H and O–H groups in total. The molecule has 0 amide bonds. The van der Waals surface area contributed by atoms with E-state index in [-0.39, 0.29) is 0 Å². The zero-order valence-electron chi connectivity index (χ0n) is 9.03. The second kappa shape index (κ2) is 4.58. The SMILES string of the molecule is CC(CC=O)c1cccc2c1COCC2. The summed E-state index contributed by atoms with van der Waals surface area (Å²) in [5.41, 5.74) is 3.97. The smallest absolute Gasteiger partial charge is 0.120 e. The van der Waals surface area contributed by atoms with Crippen molar-refractivity contribution in [1.82, 2.24) is 0 Å². The Kier molecular flexibility index (Phi) is 3.17. The van der Waals surface area contributed by atoms with Gasteiger partial charge in [-0.25, -0.2) is 0 Å². The van der Waals surface area contributed by atoms with Gasteiger partial charge in [-0.3, -0.25) is 0 Å². The average molecular weight is 204 g/mol. The number of carbonyl (C=O) groups is 1. The second-order valence-electron chi connectivity index (χ2n) is 4.09. The van der Waals surface area contributed by atoms with Gasteiger partial charge in [-0.1, -0.05) is 25.1 Å². The van der Waals surface area contributed by atoms with Crippen molar-refractivity contribution >= 4 is 6.29 Å². The Bertz CT molecular complexity index is 358. The van der Waals surface area contributed by atoms with Crippen LogP contribution in [-0.2, 0) is 22.6 Å². The molecule has 1 heterocycles. The first-order valence-corrected chi connectivity index (χ1v) is 5.45. The lowest BCUT2D eigenvalue weighted by Crippen LogP contribution is -2.13. The number of carbonyl (C=O) groups excluding carboxylic acids is 1. The first-order chi connectivity index (χ1) is 7.33. The summed E-state index contributed by atoms with van der Waals surface area (Å²) in [6.07, 6.45) is 2.58. The van der Waals surface area contributed by atoms with E-state index < -0.39 is 0 Å². The summed E-state index contributed by atoms with van der Waals surface area (Å²) in [6, 6.07) is 6.36. The van der Waals surface area contributed by atoms with Crippen LogP contribution in [0.1, 0.15) is 36.0 Å². The van der Waals surface area contributed by atoms with Gasteiger partial charge in [0.2, 0.25) is 0 Å². The maximum absolute atomic E-state index is 10.5. The topological polar surface area (TPSA) is 26.3 Å². The molecule has 1 aromatic carbocycles. The van der Waals surface area contributed by atoms with Crippen molar-refractivity contribution in [3.63, 3.8) is 0 Å². The molecule has 0 bridgehead atoms. The molecule has 0 saturated carbocycles. The summed E-state index contributed by atoms with van der Waals surface area (Å²) in [6.45, 7) is 3.62. The molecule has 1 aliphatic heterocycles. The first-order valence-electron chi connectivity index (χ1n) is 5.45. The Hall–Kier alpha value is -1.15. The predicted molar refractivity (Wildman–Crippen MR) is 58.9 cm³/mol. The molecule has 0 fully saturated rings. The Morgan fingerprint density at radius 3 is 3.20 bits per heavy atom. The van der Waals surface area contributed by atoms with E-state index in [0.717, 1.165) is 19.3 Å². The Balaban J connectivity index is 2.34. The average Bonchev–Trinajstić information content (AvgIpc) is 2.28. The van der Waals surface area contributed by atoms with Crippen molar-refractivity contribution in [3.8, 4) is 0 Å². The molecule has 0 radical (unpaired) electrons. The largest absolute Gasteiger partial charge is 0.376 e. The van der Waals surface area contributed by atoms with Crippen molar-refractivity contribution in [1.29, 1.82) is 0 Å². The molecule has 1 aliphatic rings. The van der Waals surface area contributed by atoms with Gasteiger partial charge >= 0.3 is 0 Å². The van der Waals surface area contributed by atoms with Crippen molar-refractivity contribution < 1.29 is 9.53 Å². The Labute approximate surface area is 90.3 Å².